The number of nitrogens with zero attached hydrogens (tertiary/aromatic N) is 4. The molecule has 3 aromatic rings. The van der Waals surface area contributed by atoms with Gasteiger partial charge in [-0.2, -0.15) is 23.0 Å². The molecule has 2 aromatic carbocycles. The Morgan fingerprint density at radius 3 is 2.38 bits per heavy atom. The van der Waals surface area contributed by atoms with Gasteiger partial charge in [0.2, 0.25) is 5.69 Å². The average molecular weight is 559 g/mol. The van der Waals surface area contributed by atoms with E-state index in [1.807, 2.05) is 13.8 Å². The number of hydrogen-bond acceptors (Lipinski definition) is 6. The molecule has 2 heterocycles. The summed E-state index contributed by atoms with van der Waals surface area (Å²) in [4.78, 5) is 54.2. The first-order valence-corrected chi connectivity index (χ1v) is 12.8. The number of benzene rings is 2. The van der Waals surface area contributed by atoms with Gasteiger partial charge in [-0.05, 0) is 74.6 Å². The second-order valence-corrected chi connectivity index (χ2v) is 9.74. The van der Waals surface area contributed by atoms with E-state index in [-0.39, 0.29) is 31.8 Å². The Morgan fingerprint density at radius 2 is 1.75 bits per heavy atom. The Bertz CT molecular complexity index is 1540. The Hall–Kier alpha value is -4.22. The summed E-state index contributed by atoms with van der Waals surface area (Å²) in [6, 6.07) is 9.13. The number of halogens is 3. The molecule has 212 valence electrons. The van der Waals surface area contributed by atoms with Gasteiger partial charge < -0.3 is 9.64 Å². The number of alkyl halides is 3. The topological polar surface area (TPSA) is 104 Å². The summed E-state index contributed by atoms with van der Waals surface area (Å²) in [6.45, 7) is 5.51. The van der Waals surface area contributed by atoms with Crippen LogP contribution in [0.2, 0.25) is 0 Å². The average Bonchev–Trinajstić information content (AvgIpc) is 2.92. The van der Waals surface area contributed by atoms with Gasteiger partial charge in [-0.1, -0.05) is 18.2 Å². The zero-order chi connectivity index (χ0) is 29.2. The summed E-state index contributed by atoms with van der Waals surface area (Å²) in [6.07, 6.45) is -3.51. The van der Waals surface area contributed by atoms with Gasteiger partial charge >= 0.3 is 17.8 Å². The van der Waals surface area contributed by atoms with Gasteiger partial charge in [0.05, 0.1) is 30.3 Å². The lowest BCUT2D eigenvalue weighted by Gasteiger charge is -2.31. The fourth-order valence-electron chi connectivity index (χ4n) is 4.56. The molecule has 9 nitrogen and oxygen atoms in total. The van der Waals surface area contributed by atoms with Crippen molar-refractivity contribution < 1.29 is 27.5 Å². The first-order valence-electron chi connectivity index (χ1n) is 12.8. The van der Waals surface area contributed by atoms with E-state index in [1.165, 1.54) is 17.0 Å². The number of aryl methyl sites for hydroxylation is 2. The lowest BCUT2D eigenvalue weighted by Crippen LogP contribution is -2.49. The highest BCUT2D eigenvalue weighted by Crippen LogP contribution is 2.29. The van der Waals surface area contributed by atoms with Crippen LogP contribution in [0, 0.1) is 19.8 Å². The fourth-order valence-corrected chi connectivity index (χ4v) is 4.56. The summed E-state index contributed by atoms with van der Waals surface area (Å²) < 4.78 is 45.9. The van der Waals surface area contributed by atoms with Gasteiger partial charge in [0, 0.05) is 13.1 Å². The molecule has 0 N–H and O–H groups in total. The molecule has 1 aliphatic heterocycles. The van der Waals surface area contributed by atoms with Crippen LogP contribution in [0.1, 0.15) is 52.5 Å². The minimum Gasteiger partial charge on any atom is -0.466 e. The van der Waals surface area contributed by atoms with Crippen molar-refractivity contribution in [2.24, 2.45) is 5.92 Å². The van der Waals surface area contributed by atoms with Crippen LogP contribution in [-0.4, -0.2) is 50.8 Å². The molecule has 0 unspecified atom stereocenters. The summed E-state index contributed by atoms with van der Waals surface area (Å²) in [5.74, 6) is -1.75. The van der Waals surface area contributed by atoms with Crippen LogP contribution >= 0.6 is 0 Å². The molecule has 1 aliphatic rings. The van der Waals surface area contributed by atoms with Crippen molar-refractivity contribution in [3.05, 3.63) is 91.3 Å². The number of ether oxygens (including phenoxy) is 1. The van der Waals surface area contributed by atoms with Crippen molar-refractivity contribution in [1.29, 1.82) is 0 Å². The van der Waals surface area contributed by atoms with E-state index >= 15 is 0 Å². The second kappa shape index (κ2) is 11.5. The highest BCUT2D eigenvalue weighted by molar-refractivity contribution is 5.92. The molecule has 4 rings (SSSR count). The monoisotopic (exact) mass is 558 g/mol. The van der Waals surface area contributed by atoms with Crippen LogP contribution in [-0.2, 0) is 22.3 Å². The molecule has 40 heavy (non-hydrogen) atoms. The van der Waals surface area contributed by atoms with Crippen molar-refractivity contribution >= 4 is 11.9 Å². The minimum atomic E-state index is -4.54. The Morgan fingerprint density at radius 1 is 1.05 bits per heavy atom. The fraction of sp³-hybridized carbons (Fsp3) is 0.393. The Kier molecular flexibility index (Phi) is 8.26. The largest absolute Gasteiger partial charge is 0.466 e. The third-order valence-corrected chi connectivity index (χ3v) is 6.95. The number of carbonyl (C=O) groups is 2. The van der Waals surface area contributed by atoms with E-state index < -0.39 is 46.5 Å². The van der Waals surface area contributed by atoms with Gasteiger partial charge in [-0.3, -0.25) is 19.0 Å². The van der Waals surface area contributed by atoms with E-state index in [4.69, 9.17) is 4.74 Å². The van der Waals surface area contributed by atoms with E-state index in [0.717, 1.165) is 32.5 Å². The molecule has 1 atom stereocenters. The van der Waals surface area contributed by atoms with Crippen molar-refractivity contribution in [2.45, 2.75) is 46.3 Å². The number of piperidine rings is 1. The van der Waals surface area contributed by atoms with Gasteiger partial charge in [-0.25, -0.2) is 4.79 Å². The van der Waals surface area contributed by atoms with Gasteiger partial charge in [-0.15, -0.1) is 0 Å². The smallest absolute Gasteiger partial charge is 0.416 e. The first-order chi connectivity index (χ1) is 18.9. The van der Waals surface area contributed by atoms with Crippen LogP contribution in [0.15, 0.2) is 52.1 Å². The summed E-state index contributed by atoms with van der Waals surface area (Å²) in [5, 5.41) is 4.16. The van der Waals surface area contributed by atoms with E-state index in [0.29, 0.717) is 18.5 Å². The normalized spacial score (nSPS) is 15.7. The molecule has 1 aromatic heterocycles. The predicted molar refractivity (Wildman–Crippen MR) is 139 cm³/mol. The number of rotatable bonds is 6. The predicted octanol–water partition coefficient (Wildman–Crippen LogP) is 3.49. The number of amides is 1. The Balaban J connectivity index is 1.79. The van der Waals surface area contributed by atoms with Crippen molar-refractivity contribution in [3.63, 3.8) is 0 Å². The van der Waals surface area contributed by atoms with Gasteiger partial charge in [0.25, 0.3) is 11.5 Å². The molecule has 0 saturated carbocycles. The molecule has 1 fully saturated rings. The maximum Gasteiger partial charge on any atom is 0.416 e. The standard InChI is InChI=1S/C28H29F3N4O5/c1-4-40-26(38)20-6-5-13-33(16-20)24(36)23-25(37)34(15-19-8-10-21(11-9-19)28(29,30)31)27(39)35(32-23)22-12-7-17(2)18(3)14-22/h7-12,14,20H,4-6,13,15-16H2,1-3H3/t20-/m1/s1. The van der Waals surface area contributed by atoms with Gasteiger partial charge in [0.1, 0.15) is 0 Å². The Labute approximate surface area is 227 Å². The zero-order valence-corrected chi connectivity index (χ0v) is 22.3. The molecular weight excluding hydrogens is 529 g/mol. The third-order valence-electron chi connectivity index (χ3n) is 6.95. The van der Waals surface area contributed by atoms with E-state index in [1.54, 1.807) is 25.1 Å². The number of hydrogen-bond donors (Lipinski definition) is 0. The highest BCUT2D eigenvalue weighted by atomic mass is 19.4. The van der Waals surface area contributed by atoms with Crippen LogP contribution in [0.5, 0.6) is 0 Å². The zero-order valence-electron chi connectivity index (χ0n) is 22.3. The quantitative estimate of drug-likeness (QED) is 0.429. The maximum absolute atomic E-state index is 13.6. The number of esters is 1. The molecule has 0 bridgehead atoms. The second-order valence-electron chi connectivity index (χ2n) is 9.74. The van der Waals surface area contributed by atoms with Crippen molar-refractivity contribution in [1.82, 2.24) is 19.2 Å². The molecule has 0 radical (unpaired) electrons. The third kappa shape index (κ3) is 6.00. The molecule has 0 aliphatic carbocycles. The van der Waals surface area contributed by atoms with Crippen LogP contribution in [0.25, 0.3) is 5.69 Å². The number of likely N-dealkylation sites (tertiary alicyclic amines) is 1. The van der Waals surface area contributed by atoms with Crippen LogP contribution in [0.4, 0.5) is 13.2 Å². The van der Waals surface area contributed by atoms with Crippen molar-refractivity contribution in [3.8, 4) is 5.69 Å². The van der Waals surface area contributed by atoms with E-state index in [2.05, 4.69) is 5.10 Å². The summed E-state index contributed by atoms with van der Waals surface area (Å²) in [7, 11) is 0. The lowest BCUT2D eigenvalue weighted by atomic mass is 9.98. The van der Waals surface area contributed by atoms with Gasteiger partial charge in [0.15, 0.2) is 0 Å². The highest BCUT2D eigenvalue weighted by Gasteiger charge is 2.33. The van der Waals surface area contributed by atoms with Crippen molar-refractivity contribution in [2.75, 3.05) is 19.7 Å². The lowest BCUT2D eigenvalue weighted by molar-refractivity contribution is -0.149. The summed E-state index contributed by atoms with van der Waals surface area (Å²) in [5.41, 5.74) is -0.884. The molecule has 12 heteroatoms. The van der Waals surface area contributed by atoms with E-state index in [9.17, 15) is 32.3 Å². The summed E-state index contributed by atoms with van der Waals surface area (Å²) >= 11 is 0. The van der Waals surface area contributed by atoms with Crippen LogP contribution in [0.3, 0.4) is 0 Å². The molecule has 1 amide bonds. The SMILES string of the molecule is CCOC(=O)[C@@H]1CCCN(C(=O)c2nn(-c3ccc(C)c(C)c3)c(=O)n(Cc3ccc(C(F)(F)F)cc3)c2=O)C1. The number of aromatic nitrogens is 3. The maximum atomic E-state index is 13.6. The van der Waals surface area contributed by atoms with Crippen LogP contribution < -0.4 is 11.2 Å². The molecule has 1 saturated heterocycles. The minimum absolute atomic E-state index is 0.0282. The first kappa shape index (κ1) is 28.8. The molecule has 0 spiro atoms. The molecular formula is C28H29F3N4O5. The number of carbonyl (C=O) groups excluding carboxylic acids is 2.